The van der Waals surface area contributed by atoms with Crippen LogP contribution in [0, 0.1) is 0 Å². The van der Waals surface area contributed by atoms with Crippen LogP contribution in [0.25, 0.3) is 34.4 Å². The van der Waals surface area contributed by atoms with Crippen molar-refractivity contribution in [1.29, 1.82) is 0 Å². The van der Waals surface area contributed by atoms with Gasteiger partial charge in [0.15, 0.2) is 0 Å². The quantitative estimate of drug-likeness (QED) is 0.219. The summed E-state index contributed by atoms with van der Waals surface area (Å²) in [5, 5.41) is 0. The third-order valence-electron chi connectivity index (χ3n) is 10.7. The van der Waals surface area contributed by atoms with Crippen LogP contribution in [0.5, 0.6) is 0 Å². The van der Waals surface area contributed by atoms with Gasteiger partial charge in [0.2, 0.25) is 0 Å². The van der Waals surface area contributed by atoms with E-state index < -0.39 is 0 Å². The van der Waals surface area contributed by atoms with Crippen LogP contribution in [0.3, 0.4) is 0 Å². The van der Waals surface area contributed by atoms with Crippen LogP contribution in [0.15, 0.2) is 48.5 Å². The Balaban J connectivity index is 1.38. The summed E-state index contributed by atoms with van der Waals surface area (Å²) in [6, 6.07) is 19.3. The smallest absolute Gasteiger partial charge is 0.0108 e. The summed E-state index contributed by atoms with van der Waals surface area (Å²) in [5.74, 6) is 0. The van der Waals surface area contributed by atoms with E-state index in [0.29, 0.717) is 0 Å². The van der Waals surface area contributed by atoms with Gasteiger partial charge in [-0.15, -0.1) is 0 Å². The lowest BCUT2D eigenvalue weighted by Crippen LogP contribution is -2.21. The van der Waals surface area contributed by atoms with Gasteiger partial charge in [0, 0.05) is 0 Å². The number of hydrogen-bond donors (Lipinski definition) is 0. The first kappa shape index (κ1) is 26.3. The number of hydrogen-bond acceptors (Lipinski definition) is 0. The van der Waals surface area contributed by atoms with Gasteiger partial charge >= 0.3 is 0 Å². The molecular formula is C42H44. The second-order valence-corrected chi connectivity index (χ2v) is 15.4. The van der Waals surface area contributed by atoms with Gasteiger partial charge in [0.1, 0.15) is 0 Å². The second kappa shape index (κ2) is 9.06. The van der Waals surface area contributed by atoms with Crippen molar-refractivity contribution >= 4 is 12.2 Å². The predicted octanol–water partition coefficient (Wildman–Crippen LogP) is 10.2. The normalized spacial score (nSPS) is 16.4. The molecule has 4 aromatic rings. The van der Waals surface area contributed by atoms with Gasteiger partial charge in [0.25, 0.3) is 0 Å². The molecule has 0 heteroatoms. The van der Waals surface area contributed by atoms with E-state index in [1.165, 1.54) is 35.1 Å². The molecule has 0 aromatic heterocycles. The Morgan fingerprint density at radius 2 is 0.762 bits per heavy atom. The molecule has 0 bridgehead atoms. The standard InChI is InChI=1S/C42H44/c1-41(2,3)35-23-29-15-13-25-9-7-11-27-17-19-33(39(29)37(25)27)31(35)21-22-32-34-20-18-28-12-8-10-26-14-16-30(40(34)38(26)28)24-36(32)42(4,5)6/h7-12,21-24H,13-20H2,1-6H3/b22-21+. The molecule has 0 fully saturated rings. The molecule has 0 saturated carbocycles. The Morgan fingerprint density at radius 1 is 0.429 bits per heavy atom. The van der Waals surface area contributed by atoms with Crippen LogP contribution in [0.1, 0.15) is 108 Å². The van der Waals surface area contributed by atoms with E-state index in [1.54, 1.807) is 66.8 Å². The van der Waals surface area contributed by atoms with Crippen molar-refractivity contribution in [3.05, 3.63) is 115 Å². The summed E-state index contributed by atoms with van der Waals surface area (Å²) in [7, 11) is 0. The molecule has 0 amide bonds. The first-order chi connectivity index (χ1) is 20.1. The fraction of sp³-hybridized carbons (Fsp3) is 0.381. The second-order valence-electron chi connectivity index (χ2n) is 15.4. The Labute approximate surface area is 252 Å². The molecule has 0 N–H and O–H groups in total. The summed E-state index contributed by atoms with van der Waals surface area (Å²) in [6.07, 6.45) is 14.4. The predicted molar refractivity (Wildman–Crippen MR) is 180 cm³/mol. The summed E-state index contributed by atoms with van der Waals surface area (Å²) < 4.78 is 0. The zero-order chi connectivity index (χ0) is 29.0. The van der Waals surface area contributed by atoms with Crippen molar-refractivity contribution in [2.24, 2.45) is 0 Å². The first-order valence-corrected chi connectivity index (χ1v) is 16.4. The Bertz CT molecular complexity index is 1660. The Hall–Kier alpha value is -3.38. The van der Waals surface area contributed by atoms with Crippen molar-refractivity contribution in [2.45, 2.75) is 104 Å². The van der Waals surface area contributed by atoms with Gasteiger partial charge in [-0.3, -0.25) is 0 Å². The largest absolute Gasteiger partial charge is 0.0617 e. The van der Waals surface area contributed by atoms with Crippen LogP contribution >= 0.6 is 0 Å². The highest BCUT2D eigenvalue weighted by molar-refractivity contribution is 5.90. The van der Waals surface area contributed by atoms with Crippen LogP contribution in [0.2, 0.25) is 0 Å². The molecule has 0 atom stereocenters. The lowest BCUT2D eigenvalue weighted by molar-refractivity contribution is 0.585. The molecule has 0 heterocycles. The highest BCUT2D eigenvalue weighted by atomic mass is 14.4. The molecule has 0 nitrogen and oxygen atoms in total. The number of rotatable bonds is 2. The van der Waals surface area contributed by atoms with Gasteiger partial charge in [0.05, 0.1) is 0 Å². The molecule has 0 saturated heterocycles. The van der Waals surface area contributed by atoms with Crippen molar-refractivity contribution in [3.63, 3.8) is 0 Å². The van der Waals surface area contributed by atoms with E-state index in [0.717, 1.165) is 38.5 Å². The molecule has 0 aliphatic heterocycles. The lowest BCUT2D eigenvalue weighted by Gasteiger charge is -2.35. The third-order valence-corrected chi connectivity index (χ3v) is 10.7. The Morgan fingerprint density at radius 3 is 1.12 bits per heavy atom. The summed E-state index contributed by atoms with van der Waals surface area (Å²) >= 11 is 0. The molecule has 42 heavy (non-hydrogen) atoms. The van der Waals surface area contributed by atoms with E-state index in [9.17, 15) is 0 Å². The zero-order valence-electron chi connectivity index (χ0n) is 26.4. The van der Waals surface area contributed by atoms with Gasteiger partial charge in [-0.05, 0) is 151 Å². The average Bonchev–Trinajstić information content (AvgIpc) is 2.96. The molecule has 212 valence electrons. The highest BCUT2D eigenvalue weighted by Crippen LogP contribution is 2.49. The third kappa shape index (κ3) is 3.87. The van der Waals surface area contributed by atoms with Crippen molar-refractivity contribution in [2.75, 3.05) is 0 Å². The summed E-state index contributed by atoms with van der Waals surface area (Å²) in [4.78, 5) is 0. The van der Waals surface area contributed by atoms with Crippen molar-refractivity contribution in [1.82, 2.24) is 0 Å². The minimum absolute atomic E-state index is 0.0905. The molecular weight excluding hydrogens is 504 g/mol. The van der Waals surface area contributed by atoms with E-state index in [2.05, 4.69) is 102 Å². The molecule has 8 rings (SSSR count). The van der Waals surface area contributed by atoms with Gasteiger partial charge in [-0.1, -0.05) is 102 Å². The summed E-state index contributed by atoms with van der Waals surface area (Å²) in [5.41, 5.74) is 25.1. The first-order valence-electron chi connectivity index (χ1n) is 16.4. The van der Waals surface area contributed by atoms with Gasteiger partial charge in [-0.2, -0.15) is 0 Å². The SMILES string of the molecule is CC(C)(C)c1cc2c3c(c1/C=C/c1c(C(C)(C)C)cc4c5c1CCc1cccc(c1-5)CC4)CCc1cccc(c1-3)CC2. The zero-order valence-corrected chi connectivity index (χ0v) is 26.4. The maximum absolute atomic E-state index is 2.59. The van der Waals surface area contributed by atoms with Gasteiger partial charge < -0.3 is 0 Å². The van der Waals surface area contributed by atoms with Gasteiger partial charge in [-0.25, -0.2) is 0 Å². The fourth-order valence-corrected chi connectivity index (χ4v) is 8.80. The maximum atomic E-state index is 2.59. The lowest BCUT2D eigenvalue weighted by atomic mass is 9.69. The topological polar surface area (TPSA) is 0 Å². The minimum Gasteiger partial charge on any atom is -0.0617 e. The summed E-state index contributed by atoms with van der Waals surface area (Å²) in [6.45, 7) is 14.4. The van der Waals surface area contributed by atoms with E-state index in [-0.39, 0.29) is 10.8 Å². The molecule has 4 aromatic carbocycles. The monoisotopic (exact) mass is 548 g/mol. The van der Waals surface area contributed by atoms with Crippen LogP contribution < -0.4 is 0 Å². The maximum Gasteiger partial charge on any atom is -0.0108 e. The molecule has 4 aliphatic rings. The highest BCUT2D eigenvalue weighted by Gasteiger charge is 2.33. The van der Waals surface area contributed by atoms with E-state index >= 15 is 0 Å². The number of benzene rings is 4. The average molecular weight is 549 g/mol. The molecule has 0 radical (unpaired) electrons. The van der Waals surface area contributed by atoms with Crippen molar-refractivity contribution < 1.29 is 0 Å². The van der Waals surface area contributed by atoms with E-state index in [4.69, 9.17) is 0 Å². The molecule has 4 aliphatic carbocycles. The van der Waals surface area contributed by atoms with E-state index in [1.807, 2.05) is 0 Å². The molecule has 0 unspecified atom stereocenters. The van der Waals surface area contributed by atoms with Crippen LogP contribution in [-0.2, 0) is 62.2 Å². The van der Waals surface area contributed by atoms with Crippen molar-refractivity contribution in [3.8, 4) is 22.3 Å². The number of aryl methyl sites for hydroxylation is 6. The fourth-order valence-electron chi connectivity index (χ4n) is 8.80. The Kier molecular flexibility index (Phi) is 5.67. The van der Waals surface area contributed by atoms with Crippen LogP contribution in [-0.4, -0.2) is 0 Å². The molecule has 0 spiro atoms. The minimum atomic E-state index is 0.0905. The van der Waals surface area contributed by atoms with Crippen LogP contribution in [0.4, 0.5) is 0 Å².